The first-order valence-corrected chi connectivity index (χ1v) is 5.72. The predicted molar refractivity (Wildman–Crippen MR) is 61.4 cm³/mol. The third-order valence-corrected chi connectivity index (χ3v) is 2.34. The molecule has 0 atom stereocenters. The van der Waals surface area contributed by atoms with Crippen molar-refractivity contribution in [2.45, 2.75) is 12.1 Å². The van der Waals surface area contributed by atoms with Crippen molar-refractivity contribution in [3.63, 3.8) is 0 Å². The first-order valence-electron chi connectivity index (χ1n) is 4.74. The topological polar surface area (TPSA) is 72.0 Å². The second-order valence-corrected chi connectivity index (χ2v) is 3.71. The fraction of sp³-hybridized carbons (Fsp3) is 0.300. The van der Waals surface area contributed by atoms with E-state index in [1.54, 1.807) is 13.0 Å². The van der Waals surface area contributed by atoms with Crippen molar-refractivity contribution in [3.05, 3.63) is 34.8 Å². The number of nitrogens with zero attached hydrogens (tertiary/aromatic N) is 1. The zero-order valence-corrected chi connectivity index (χ0v) is 9.62. The Morgan fingerprint density at radius 3 is 3.19 bits per heavy atom. The Balaban J connectivity index is 2.36. The van der Waals surface area contributed by atoms with Crippen molar-refractivity contribution in [2.24, 2.45) is 0 Å². The summed E-state index contributed by atoms with van der Waals surface area (Å²) in [6.07, 6.45) is 4.46. The Labute approximate surface area is 96.9 Å². The Bertz CT molecular complexity index is 428. The molecule has 1 aromatic rings. The second kappa shape index (κ2) is 6.84. The van der Waals surface area contributed by atoms with Gasteiger partial charge in [0.1, 0.15) is 0 Å². The Hall–Kier alpha value is -1.56. The van der Waals surface area contributed by atoms with Crippen LogP contribution in [0.5, 0.6) is 0 Å². The highest BCUT2D eigenvalue weighted by molar-refractivity contribution is 7.99. The van der Waals surface area contributed by atoms with Gasteiger partial charge in [-0.05, 0) is 6.92 Å². The van der Waals surface area contributed by atoms with Gasteiger partial charge in [0.2, 0.25) is 0 Å². The number of aromatic amines is 1. The summed E-state index contributed by atoms with van der Waals surface area (Å²) in [4.78, 5) is 28.3. The molecule has 16 heavy (non-hydrogen) atoms. The van der Waals surface area contributed by atoms with Crippen LogP contribution < -0.4 is 5.56 Å². The molecule has 0 unspecified atom stereocenters. The largest absolute Gasteiger partial charge is 0.463 e. The number of esters is 1. The molecule has 1 heterocycles. The highest BCUT2D eigenvalue weighted by Gasteiger charge is 1.95. The number of rotatable bonds is 5. The number of carbonyl (C=O) groups excluding carboxylic acids is 1. The first-order chi connectivity index (χ1) is 7.72. The molecule has 0 radical (unpaired) electrons. The van der Waals surface area contributed by atoms with Gasteiger partial charge in [0.15, 0.2) is 5.16 Å². The summed E-state index contributed by atoms with van der Waals surface area (Å²) in [5.74, 6) is 0.184. The Morgan fingerprint density at radius 1 is 1.69 bits per heavy atom. The van der Waals surface area contributed by atoms with Gasteiger partial charge in [0.05, 0.1) is 6.61 Å². The molecule has 0 aliphatic rings. The second-order valence-electron chi connectivity index (χ2n) is 2.70. The van der Waals surface area contributed by atoms with Crippen LogP contribution in [0.25, 0.3) is 0 Å². The molecule has 0 bridgehead atoms. The zero-order chi connectivity index (χ0) is 11.8. The minimum Gasteiger partial charge on any atom is -0.463 e. The van der Waals surface area contributed by atoms with Gasteiger partial charge < -0.3 is 9.72 Å². The lowest BCUT2D eigenvalue weighted by atomic mass is 10.5. The van der Waals surface area contributed by atoms with E-state index in [2.05, 4.69) is 9.97 Å². The monoisotopic (exact) mass is 240 g/mol. The van der Waals surface area contributed by atoms with E-state index < -0.39 is 0 Å². The summed E-state index contributed by atoms with van der Waals surface area (Å²) in [5.41, 5.74) is -0.188. The van der Waals surface area contributed by atoms with Gasteiger partial charge in [0.25, 0.3) is 5.56 Å². The van der Waals surface area contributed by atoms with E-state index in [1.165, 1.54) is 30.1 Å². The first kappa shape index (κ1) is 12.5. The average molecular weight is 240 g/mol. The number of ether oxygens (including phenoxy) is 1. The molecule has 1 aromatic heterocycles. The highest BCUT2D eigenvalue weighted by Crippen LogP contribution is 2.09. The summed E-state index contributed by atoms with van der Waals surface area (Å²) in [7, 11) is 0. The highest BCUT2D eigenvalue weighted by atomic mass is 32.2. The summed E-state index contributed by atoms with van der Waals surface area (Å²) >= 11 is 1.33. The lowest BCUT2D eigenvalue weighted by Gasteiger charge is -1.96. The molecule has 1 N–H and O–H groups in total. The quantitative estimate of drug-likeness (QED) is 0.359. The summed E-state index contributed by atoms with van der Waals surface area (Å²) in [6.45, 7) is 2.11. The van der Waals surface area contributed by atoms with Crippen LogP contribution in [0.1, 0.15) is 6.92 Å². The number of thioether (sulfide) groups is 1. The fourth-order valence-electron chi connectivity index (χ4n) is 0.887. The lowest BCUT2D eigenvalue weighted by molar-refractivity contribution is -0.137. The third kappa shape index (κ3) is 4.79. The van der Waals surface area contributed by atoms with Gasteiger partial charge in [-0.25, -0.2) is 9.78 Å². The zero-order valence-electron chi connectivity index (χ0n) is 8.80. The molecular weight excluding hydrogens is 228 g/mol. The fourth-order valence-corrected chi connectivity index (χ4v) is 1.55. The minimum absolute atomic E-state index is 0.188. The number of nitrogens with one attached hydrogen (secondary N) is 1. The third-order valence-electron chi connectivity index (χ3n) is 1.50. The molecule has 0 fully saturated rings. The summed E-state index contributed by atoms with van der Waals surface area (Å²) in [6, 6.07) is 1.35. The molecule has 0 aliphatic carbocycles. The van der Waals surface area contributed by atoms with E-state index >= 15 is 0 Å². The molecule has 0 saturated carbocycles. The standard InChI is InChI=1S/C10H12N2O3S/c1-2-15-9(14)4-3-7-16-10-11-6-5-8(13)12-10/h3-6H,2,7H2,1H3,(H,11,12,13)/b4-3+. The van der Waals surface area contributed by atoms with Crippen LogP contribution in [0.4, 0.5) is 0 Å². The van der Waals surface area contributed by atoms with Gasteiger partial charge in [-0.3, -0.25) is 4.79 Å². The number of H-pyrrole nitrogens is 1. The van der Waals surface area contributed by atoms with E-state index in [0.29, 0.717) is 17.5 Å². The van der Waals surface area contributed by atoms with Gasteiger partial charge >= 0.3 is 5.97 Å². The Morgan fingerprint density at radius 2 is 2.50 bits per heavy atom. The van der Waals surface area contributed by atoms with E-state index in [4.69, 9.17) is 4.74 Å². The number of hydrogen-bond donors (Lipinski definition) is 1. The number of hydrogen-bond acceptors (Lipinski definition) is 5. The van der Waals surface area contributed by atoms with Gasteiger partial charge in [-0.1, -0.05) is 17.8 Å². The molecule has 86 valence electrons. The molecule has 0 amide bonds. The molecule has 6 heteroatoms. The van der Waals surface area contributed by atoms with Crippen LogP contribution in [0.2, 0.25) is 0 Å². The van der Waals surface area contributed by atoms with Crippen LogP contribution >= 0.6 is 11.8 Å². The molecule has 0 saturated heterocycles. The normalized spacial score (nSPS) is 10.6. The molecule has 0 spiro atoms. The van der Waals surface area contributed by atoms with Crippen LogP contribution in [0.3, 0.4) is 0 Å². The van der Waals surface area contributed by atoms with Crippen molar-refractivity contribution in [3.8, 4) is 0 Å². The van der Waals surface area contributed by atoms with Crippen LogP contribution in [-0.4, -0.2) is 28.3 Å². The van der Waals surface area contributed by atoms with Crippen molar-refractivity contribution in [2.75, 3.05) is 12.4 Å². The van der Waals surface area contributed by atoms with Gasteiger partial charge in [0, 0.05) is 24.1 Å². The SMILES string of the molecule is CCOC(=O)/C=C/CSc1nccc(=O)[nH]1. The molecule has 5 nitrogen and oxygen atoms in total. The van der Waals surface area contributed by atoms with Crippen molar-refractivity contribution < 1.29 is 9.53 Å². The molecule has 0 aromatic carbocycles. The average Bonchev–Trinajstić information content (AvgIpc) is 2.25. The van der Waals surface area contributed by atoms with Gasteiger partial charge in [-0.2, -0.15) is 0 Å². The maximum Gasteiger partial charge on any atom is 0.330 e. The smallest absolute Gasteiger partial charge is 0.330 e. The number of aromatic nitrogens is 2. The maximum atomic E-state index is 10.9. The Kier molecular flexibility index (Phi) is 5.35. The minimum atomic E-state index is -0.363. The van der Waals surface area contributed by atoms with Crippen molar-refractivity contribution in [1.29, 1.82) is 0 Å². The van der Waals surface area contributed by atoms with Crippen molar-refractivity contribution >= 4 is 17.7 Å². The summed E-state index contributed by atoms with van der Waals surface area (Å²) in [5, 5.41) is 0.529. The van der Waals surface area contributed by atoms with E-state index in [-0.39, 0.29) is 11.5 Å². The molecule has 1 rings (SSSR count). The van der Waals surface area contributed by atoms with E-state index in [0.717, 1.165) is 0 Å². The van der Waals surface area contributed by atoms with Crippen LogP contribution in [0, 0.1) is 0 Å². The van der Waals surface area contributed by atoms with Crippen LogP contribution in [0.15, 0.2) is 34.4 Å². The maximum absolute atomic E-state index is 10.9. The van der Waals surface area contributed by atoms with Crippen LogP contribution in [-0.2, 0) is 9.53 Å². The molecule has 0 aliphatic heterocycles. The lowest BCUT2D eigenvalue weighted by Crippen LogP contribution is -2.05. The molecular formula is C10H12N2O3S. The number of carbonyl (C=O) groups is 1. The summed E-state index contributed by atoms with van der Waals surface area (Å²) < 4.78 is 4.70. The predicted octanol–water partition coefficient (Wildman–Crippen LogP) is 0.981. The van der Waals surface area contributed by atoms with E-state index in [1.807, 2.05) is 0 Å². The van der Waals surface area contributed by atoms with Crippen molar-refractivity contribution in [1.82, 2.24) is 9.97 Å². The van der Waals surface area contributed by atoms with Gasteiger partial charge in [-0.15, -0.1) is 0 Å². The van der Waals surface area contributed by atoms with E-state index in [9.17, 15) is 9.59 Å².